The molecule has 2 N–H and O–H groups in total. The molecule has 0 aliphatic heterocycles. The van der Waals surface area contributed by atoms with Gasteiger partial charge in [-0.15, -0.1) is 0 Å². The Labute approximate surface area is 303 Å². The van der Waals surface area contributed by atoms with Crippen molar-refractivity contribution in [2.24, 2.45) is 5.92 Å². The molecule has 1 heterocycles. The number of rotatable bonds is 10. The number of alkyl halides is 3. The van der Waals surface area contributed by atoms with E-state index in [0.717, 1.165) is 34.3 Å². The fourth-order valence-electron chi connectivity index (χ4n) is 3.62. The van der Waals surface area contributed by atoms with Gasteiger partial charge in [-0.1, -0.05) is 93.5 Å². The average Bonchev–Trinajstić information content (AvgIpc) is 3.47. The number of nitrogens with zero attached hydrogens (tertiary/aromatic N) is 1. The predicted molar refractivity (Wildman–Crippen MR) is 203 cm³/mol. The Morgan fingerprint density at radius 1 is 1.00 bits per heavy atom. The lowest BCUT2D eigenvalue weighted by atomic mass is 10.0. The van der Waals surface area contributed by atoms with Crippen LogP contribution in [-0.4, -0.2) is 20.4 Å². The number of ether oxygens (including phenoxy) is 1. The number of sulfonamides is 1. The highest BCUT2D eigenvalue weighted by molar-refractivity contribution is 7.92. The van der Waals surface area contributed by atoms with E-state index in [-0.39, 0.29) is 16.5 Å². The molecule has 0 bridgehead atoms. The number of anilines is 2. The monoisotopic (exact) mass is 759 g/mol. The smallest absolute Gasteiger partial charge is 0.416 e. The van der Waals surface area contributed by atoms with E-state index in [9.17, 15) is 21.6 Å². The first-order valence-corrected chi connectivity index (χ1v) is 18.8. The maximum atomic E-state index is 12.8. The predicted octanol–water partition coefficient (Wildman–Crippen LogP) is 13.3. The van der Waals surface area contributed by atoms with Crippen molar-refractivity contribution in [3.63, 3.8) is 0 Å². The molecule has 0 atom stereocenters. The van der Waals surface area contributed by atoms with Gasteiger partial charge in [-0.2, -0.15) is 13.2 Å². The first-order chi connectivity index (χ1) is 23.0. The number of nitrogens with one attached hydrogen (secondary N) is 2. The topological polar surface area (TPSA) is 80.3 Å². The van der Waals surface area contributed by atoms with Gasteiger partial charge in [0.1, 0.15) is 10.6 Å². The third-order valence-corrected chi connectivity index (χ3v) is 9.55. The largest absolute Gasteiger partial charge is 0.429 e. The lowest BCUT2D eigenvalue weighted by molar-refractivity contribution is -0.137. The lowest BCUT2D eigenvalue weighted by Gasteiger charge is -2.13. The molecule has 4 rings (SSSR count). The number of halogens is 5. The Balaban J connectivity index is 0.000000675. The molecule has 270 valence electrons. The molecule has 0 spiro atoms. The summed E-state index contributed by atoms with van der Waals surface area (Å²) in [5.41, 5.74) is 2.07. The van der Waals surface area contributed by atoms with Crippen molar-refractivity contribution in [1.82, 2.24) is 4.98 Å². The van der Waals surface area contributed by atoms with Crippen molar-refractivity contribution in [2.45, 2.75) is 78.8 Å². The van der Waals surface area contributed by atoms with Crippen LogP contribution >= 0.6 is 34.5 Å². The summed E-state index contributed by atoms with van der Waals surface area (Å²) in [4.78, 5) is 3.88. The number of aromatic nitrogens is 1. The van der Waals surface area contributed by atoms with Gasteiger partial charge in [0.2, 0.25) is 0 Å². The summed E-state index contributed by atoms with van der Waals surface area (Å²) in [6.45, 7) is 18.6. The molecule has 0 aliphatic rings. The molecule has 0 amide bonds. The van der Waals surface area contributed by atoms with Crippen LogP contribution in [0.2, 0.25) is 10.0 Å². The van der Waals surface area contributed by atoms with E-state index in [1.54, 1.807) is 7.05 Å². The van der Waals surface area contributed by atoms with E-state index in [2.05, 4.69) is 42.4 Å². The van der Waals surface area contributed by atoms with Crippen molar-refractivity contribution in [1.29, 1.82) is 0 Å². The number of hydrogen-bond acceptors (Lipinski definition) is 6. The molecule has 0 fully saturated rings. The van der Waals surface area contributed by atoms with Crippen molar-refractivity contribution < 1.29 is 26.3 Å². The minimum absolute atomic E-state index is 0.0660. The number of thiazole rings is 1. The van der Waals surface area contributed by atoms with Gasteiger partial charge in [-0.05, 0) is 93.6 Å². The van der Waals surface area contributed by atoms with Crippen LogP contribution < -0.4 is 14.8 Å². The van der Waals surface area contributed by atoms with Crippen LogP contribution in [0.5, 0.6) is 10.9 Å². The zero-order valence-electron chi connectivity index (χ0n) is 29.1. The maximum Gasteiger partial charge on any atom is 0.416 e. The van der Waals surface area contributed by atoms with E-state index in [1.807, 2.05) is 58.0 Å². The number of fused-ring (bicyclic) bond motifs is 1. The molecule has 0 aliphatic carbocycles. The fourth-order valence-corrected chi connectivity index (χ4v) is 6.30. The van der Waals surface area contributed by atoms with Crippen molar-refractivity contribution in [2.75, 3.05) is 17.1 Å². The molecule has 0 unspecified atom stereocenters. The summed E-state index contributed by atoms with van der Waals surface area (Å²) in [6, 6.07) is 11.8. The van der Waals surface area contributed by atoms with Crippen LogP contribution in [0.3, 0.4) is 0 Å². The Bertz CT molecular complexity index is 1770. The summed E-state index contributed by atoms with van der Waals surface area (Å²) in [5.74, 6) is 1.07. The number of allylic oxidation sites excluding steroid dienone is 3. The molecule has 49 heavy (non-hydrogen) atoms. The lowest BCUT2D eigenvalue weighted by Crippen LogP contribution is -2.14. The number of benzene rings is 3. The molecule has 13 heteroatoms. The van der Waals surface area contributed by atoms with E-state index in [1.165, 1.54) is 48.0 Å². The summed E-state index contributed by atoms with van der Waals surface area (Å²) >= 11 is 13.4. The van der Waals surface area contributed by atoms with Gasteiger partial charge in [0.15, 0.2) is 0 Å². The highest BCUT2D eigenvalue weighted by Gasteiger charge is 2.32. The fraction of sp³-hybridized carbons (Fsp3) is 0.361. The molecular formula is C36H46Cl2F3N3O3S2. The average molecular weight is 761 g/mol. The highest BCUT2D eigenvalue weighted by atomic mass is 35.5. The van der Waals surface area contributed by atoms with Gasteiger partial charge >= 0.3 is 6.18 Å². The van der Waals surface area contributed by atoms with E-state index in [4.69, 9.17) is 27.9 Å². The zero-order valence-corrected chi connectivity index (χ0v) is 32.3. The molecule has 0 saturated carbocycles. The third-order valence-electron chi connectivity index (χ3n) is 6.50. The van der Waals surface area contributed by atoms with Crippen LogP contribution in [0.25, 0.3) is 10.2 Å². The molecule has 6 nitrogen and oxygen atoms in total. The second-order valence-corrected chi connectivity index (χ2v) is 14.1. The molecule has 0 saturated heterocycles. The van der Waals surface area contributed by atoms with Gasteiger partial charge in [0.25, 0.3) is 15.2 Å². The van der Waals surface area contributed by atoms with Crippen molar-refractivity contribution >= 4 is 66.2 Å². The van der Waals surface area contributed by atoms with Gasteiger partial charge in [0, 0.05) is 12.7 Å². The van der Waals surface area contributed by atoms with Crippen LogP contribution in [-0.2, 0) is 16.2 Å². The Morgan fingerprint density at radius 3 is 2.14 bits per heavy atom. The maximum absolute atomic E-state index is 12.8. The Morgan fingerprint density at radius 2 is 1.63 bits per heavy atom. The van der Waals surface area contributed by atoms with Gasteiger partial charge in [-0.3, -0.25) is 4.72 Å². The van der Waals surface area contributed by atoms with Crippen LogP contribution in [0.1, 0.15) is 73.3 Å². The Kier molecular flexibility index (Phi) is 18.8. The third kappa shape index (κ3) is 14.6. The zero-order chi connectivity index (χ0) is 37.4. The SMILES string of the molecule is C/C=C/C.C=C(CC)CCC(C)C.CC.CNc1ccc2nc(Oc3ccc(NS(=O)(=O)c4ccc(C(F)(F)F)cc4Cl)cc3Cl)sc2c1. The highest BCUT2D eigenvalue weighted by Crippen LogP contribution is 2.38. The Hall–Kier alpha value is -3.25. The number of hydrogen-bond donors (Lipinski definition) is 2. The van der Waals surface area contributed by atoms with Crippen LogP contribution in [0.15, 0.2) is 83.8 Å². The second-order valence-electron chi connectivity index (χ2n) is 10.6. The summed E-state index contributed by atoms with van der Waals surface area (Å²) < 4.78 is 72.7. The van der Waals surface area contributed by atoms with Gasteiger partial charge < -0.3 is 10.1 Å². The molecular weight excluding hydrogens is 714 g/mol. The van der Waals surface area contributed by atoms with Crippen molar-refractivity contribution in [3.8, 4) is 10.9 Å². The first kappa shape index (κ1) is 43.8. The van der Waals surface area contributed by atoms with Crippen LogP contribution in [0, 0.1) is 5.92 Å². The molecule has 1 aromatic heterocycles. The quantitative estimate of drug-likeness (QED) is 0.157. The minimum atomic E-state index is -4.65. The standard InChI is InChI=1S/C21H14Cl2F3N3O3S2.C9H18.C4H8.C2H6/c1-27-12-3-5-16-18(10-12)33-20(28-16)32-17-6-4-13(9-14(17)22)29-34(30,31)19-7-2-11(8-15(19)23)21(24,25)26;1-5-9(4)7-6-8(2)3;1-3-4-2;1-2/h2-10,27,29H,1H3;8H,4-7H2,1-3H3;3-4H,1-2H3;1-2H3/b;;4-3+;. The van der Waals surface area contributed by atoms with Crippen LogP contribution in [0.4, 0.5) is 24.5 Å². The van der Waals surface area contributed by atoms with Gasteiger partial charge in [-0.25, -0.2) is 13.4 Å². The van der Waals surface area contributed by atoms with Crippen molar-refractivity contribution in [3.05, 3.63) is 94.5 Å². The molecule has 3 aromatic carbocycles. The summed E-state index contributed by atoms with van der Waals surface area (Å²) in [5, 5.41) is 2.91. The van der Waals surface area contributed by atoms with Gasteiger partial charge in [0.05, 0.1) is 31.5 Å². The summed E-state index contributed by atoms with van der Waals surface area (Å²) in [7, 11) is -2.48. The normalized spacial score (nSPS) is 11.1. The van der Waals surface area contributed by atoms with E-state index in [0.29, 0.717) is 17.3 Å². The van der Waals surface area contributed by atoms with E-state index < -0.39 is 31.7 Å². The second kappa shape index (κ2) is 21.1. The van der Waals surface area contributed by atoms with E-state index >= 15 is 0 Å². The first-order valence-electron chi connectivity index (χ1n) is 15.7. The molecule has 0 radical (unpaired) electrons. The summed E-state index contributed by atoms with van der Waals surface area (Å²) in [6.07, 6.45) is 3.01. The molecule has 4 aromatic rings. The minimum Gasteiger partial charge on any atom is -0.429 e.